The second-order valence-electron chi connectivity index (χ2n) is 4.98. The molecule has 0 aliphatic carbocycles. The summed E-state index contributed by atoms with van der Waals surface area (Å²) in [5, 5.41) is 8.83. The Morgan fingerprint density at radius 3 is 2.45 bits per heavy atom. The van der Waals surface area contributed by atoms with Crippen molar-refractivity contribution in [3.05, 3.63) is 29.8 Å². The van der Waals surface area contributed by atoms with Crippen LogP contribution in [0.5, 0.6) is 5.75 Å². The lowest BCUT2D eigenvalue weighted by Crippen LogP contribution is -2.27. The van der Waals surface area contributed by atoms with Crippen LogP contribution in [0.2, 0.25) is 0 Å². The summed E-state index contributed by atoms with van der Waals surface area (Å²) < 4.78 is 5.14. The van der Waals surface area contributed by atoms with Gasteiger partial charge in [0.2, 0.25) is 0 Å². The van der Waals surface area contributed by atoms with Gasteiger partial charge in [0, 0.05) is 13.1 Å². The first-order valence-corrected chi connectivity index (χ1v) is 7.22. The summed E-state index contributed by atoms with van der Waals surface area (Å²) in [4.78, 5) is 12.9. The van der Waals surface area contributed by atoms with Gasteiger partial charge in [0.25, 0.3) is 0 Å². The summed E-state index contributed by atoms with van der Waals surface area (Å²) in [7, 11) is 1.65. The largest absolute Gasteiger partial charge is 0.497 e. The molecule has 0 radical (unpaired) electrons. The fraction of sp³-hybridized carbons (Fsp3) is 0.562. The van der Waals surface area contributed by atoms with Crippen molar-refractivity contribution >= 4 is 5.97 Å². The van der Waals surface area contributed by atoms with Gasteiger partial charge in [-0.2, -0.15) is 0 Å². The van der Waals surface area contributed by atoms with Crippen LogP contribution < -0.4 is 4.74 Å². The van der Waals surface area contributed by atoms with Crippen molar-refractivity contribution < 1.29 is 14.6 Å². The van der Waals surface area contributed by atoms with E-state index in [0.29, 0.717) is 6.54 Å². The number of carboxylic acids is 1. The molecule has 1 aromatic carbocycles. The molecule has 20 heavy (non-hydrogen) atoms. The van der Waals surface area contributed by atoms with Crippen LogP contribution in [0.3, 0.4) is 0 Å². The second kappa shape index (κ2) is 9.37. The Labute approximate surface area is 121 Å². The van der Waals surface area contributed by atoms with Crippen LogP contribution in [0, 0.1) is 0 Å². The number of methoxy groups -OCH3 is 1. The second-order valence-corrected chi connectivity index (χ2v) is 4.98. The highest BCUT2D eigenvalue weighted by Gasteiger charge is 2.08. The highest BCUT2D eigenvalue weighted by molar-refractivity contribution is 5.66. The number of unbranched alkanes of at least 4 members (excludes halogenated alkanes) is 2. The molecule has 0 saturated heterocycles. The highest BCUT2D eigenvalue weighted by atomic mass is 16.5. The summed E-state index contributed by atoms with van der Waals surface area (Å²) in [6, 6.07) is 7.95. The maximum absolute atomic E-state index is 10.7. The van der Waals surface area contributed by atoms with Gasteiger partial charge >= 0.3 is 5.97 Å². The molecular weight excluding hydrogens is 254 g/mol. The number of carbonyl (C=O) groups is 1. The average molecular weight is 279 g/mol. The summed E-state index contributed by atoms with van der Waals surface area (Å²) in [5.74, 6) is 0.108. The van der Waals surface area contributed by atoms with E-state index in [0.717, 1.165) is 25.3 Å². The van der Waals surface area contributed by atoms with Crippen LogP contribution in [0.4, 0.5) is 0 Å². The third-order valence-electron chi connectivity index (χ3n) is 3.29. The first-order valence-electron chi connectivity index (χ1n) is 7.22. The molecule has 0 spiro atoms. The maximum atomic E-state index is 10.7. The molecule has 1 aromatic rings. The molecule has 0 aliphatic heterocycles. The zero-order valence-electron chi connectivity index (χ0n) is 12.5. The number of carboxylic acid groups (broad SMARTS) is 1. The van der Waals surface area contributed by atoms with Crippen LogP contribution in [0.25, 0.3) is 0 Å². The smallest absolute Gasteiger partial charge is 0.304 e. The van der Waals surface area contributed by atoms with Gasteiger partial charge in [0.15, 0.2) is 0 Å². The first kappa shape index (κ1) is 16.5. The maximum Gasteiger partial charge on any atom is 0.304 e. The van der Waals surface area contributed by atoms with Gasteiger partial charge in [-0.25, -0.2) is 0 Å². The first-order chi connectivity index (χ1) is 9.65. The minimum Gasteiger partial charge on any atom is -0.497 e. The van der Waals surface area contributed by atoms with E-state index in [1.807, 2.05) is 24.3 Å². The molecule has 0 atom stereocenters. The van der Waals surface area contributed by atoms with Crippen molar-refractivity contribution in [2.45, 2.75) is 39.2 Å². The molecule has 0 saturated carbocycles. The number of nitrogens with zero attached hydrogens (tertiary/aromatic N) is 1. The molecule has 112 valence electrons. The molecule has 1 rings (SSSR count). The van der Waals surface area contributed by atoms with Crippen LogP contribution >= 0.6 is 0 Å². The standard InChI is InChI=1S/C16H25NO3/c1-3-4-5-11-17(12-10-16(18)19)13-14-6-8-15(20-2)9-7-14/h6-9H,3-5,10-13H2,1-2H3,(H,18,19). The third kappa shape index (κ3) is 6.57. The number of benzene rings is 1. The van der Waals surface area contributed by atoms with Gasteiger partial charge in [0.1, 0.15) is 5.75 Å². The molecular formula is C16H25NO3. The summed E-state index contributed by atoms with van der Waals surface area (Å²) in [6.07, 6.45) is 3.68. The normalized spacial score (nSPS) is 10.8. The van der Waals surface area contributed by atoms with Gasteiger partial charge in [-0.05, 0) is 30.7 Å². The quantitative estimate of drug-likeness (QED) is 0.668. The minimum absolute atomic E-state index is 0.197. The van der Waals surface area contributed by atoms with E-state index in [2.05, 4.69) is 11.8 Å². The van der Waals surface area contributed by atoms with E-state index >= 15 is 0 Å². The molecule has 0 fully saturated rings. The molecule has 0 amide bonds. The van der Waals surface area contributed by atoms with Crippen molar-refractivity contribution in [3.63, 3.8) is 0 Å². The number of ether oxygens (including phenoxy) is 1. The van der Waals surface area contributed by atoms with Crippen LogP contribution in [-0.2, 0) is 11.3 Å². The van der Waals surface area contributed by atoms with Gasteiger partial charge in [0.05, 0.1) is 13.5 Å². The Balaban J connectivity index is 2.53. The minimum atomic E-state index is -0.736. The topological polar surface area (TPSA) is 49.8 Å². The molecule has 0 unspecified atom stereocenters. The monoisotopic (exact) mass is 279 g/mol. The van der Waals surface area contributed by atoms with E-state index in [1.54, 1.807) is 7.11 Å². The lowest BCUT2D eigenvalue weighted by atomic mass is 10.1. The van der Waals surface area contributed by atoms with Crippen molar-refractivity contribution in [1.29, 1.82) is 0 Å². The molecule has 0 aliphatic rings. The number of hydrogen-bond donors (Lipinski definition) is 1. The summed E-state index contributed by atoms with van der Waals surface area (Å²) in [5.41, 5.74) is 1.19. The van der Waals surface area contributed by atoms with Crippen molar-refractivity contribution in [1.82, 2.24) is 4.90 Å². The Morgan fingerprint density at radius 1 is 1.20 bits per heavy atom. The van der Waals surface area contributed by atoms with E-state index in [1.165, 1.54) is 18.4 Å². The van der Waals surface area contributed by atoms with E-state index in [-0.39, 0.29) is 6.42 Å². The summed E-state index contributed by atoms with van der Waals surface area (Å²) in [6.45, 7) is 4.52. The van der Waals surface area contributed by atoms with Gasteiger partial charge in [-0.3, -0.25) is 9.69 Å². The summed E-state index contributed by atoms with van der Waals surface area (Å²) >= 11 is 0. The highest BCUT2D eigenvalue weighted by Crippen LogP contribution is 2.13. The SMILES string of the molecule is CCCCCN(CCC(=O)O)Cc1ccc(OC)cc1. The molecule has 0 heterocycles. The molecule has 0 aromatic heterocycles. The van der Waals surface area contributed by atoms with E-state index in [9.17, 15) is 4.79 Å². The predicted molar refractivity (Wildman–Crippen MR) is 80.0 cm³/mol. The Hall–Kier alpha value is -1.55. The van der Waals surface area contributed by atoms with Crippen LogP contribution in [0.1, 0.15) is 38.2 Å². The molecule has 4 heteroatoms. The fourth-order valence-electron chi connectivity index (χ4n) is 2.10. The molecule has 0 bridgehead atoms. The Morgan fingerprint density at radius 2 is 1.90 bits per heavy atom. The molecule has 1 N–H and O–H groups in total. The number of aliphatic carboxylic acids is 1. The number of hydrogen-bond acceptors (Lipinski definition) is 3. The molecule has 4 nitrogen and oxygen atoms in total. The zero-order chi connectivity index (χ0) is 14.8. The fourth-order valence-corrected chi connectivity index (χ4v) is 2.10. The van der Waals surface area contributed by atoms with Crippen LogP contribution in [0.15, 0.2) is 24.3 Å². The third-order valence-corrected chi connectivity index (χ3v) is 3.29. The van der Waals surface area contributed by atoms with Crippen LogP contribution in [-0.4, -0.2) is 36.2 Å². The van der Waals surface area contributed by atoms with E-state index in [4.69, 9.17) is 9.84 Å². The average Bonchev–Trinajstić information content (AvgIpc) is 2.45. The van der Waals surface area contributed by atoms with Crippen molar-refractivity contribution in [2.75, 3.05) is 20.2 Å². The van der Waals surface area contributed by atoms with Gasteiger partial charge in [-0.1, -0.05) is 31.9 Å². The Kier molecular flexibility index (Phi) is 7.73. The van der Waals surface area contributed by atoms with Gasteiger partial charge in [-0.15, -0.1) is 0 Å². The zero-order valence-corrected chi connectivity index (χ0v) is 12.5. The van der Waals surface area contributed by atoms with Gasteiger partial charge < -0.3 is 9.84 Å². The Bertz CT molecular complexity index is 389. The van der Waals surface area contributed by atoms with Crippen molar-refractivity contribution in [3.8, 4) is 5.75 Å². The van der Waals surface area contributed by atoms with Crippen molar-refractivity contribution in [2.24, 2.45) is 0 Å². The lowest BCUT2D eigenvalue weighted by Gasteiger charge is -2.21. The van der Waals surface area contributed by atoms with E-state index < -0.39 is 5.97 Å². The predicted octanol–water partition coefficient (Wildman–Crippen LogP) is 3.16. The number of rotatable bonds is 10. The lowest BCUT2D eigenvalue weighted by molar-refractivity contribution is -0.137.